The van der Waals surface area contributed by atoms with Gasteiger partial charge >= 0.3 is 0 Å². The molecule has 0 aromatic heterocycles. The summed E-state index contributed by atoms with van der Waals surface area (Å²) in [4.78, 5) is 0. The van der Waals surface area contributed by atoms with Crippen molar-refractivity contribution >= 4 is 0 Å². The highest BCUT2D eigenvalue weighted by Crippen LogP contribution is 2.38. The van der Waals surface area contributed by atoms with Crippen LogP contribution in [-0.2, 0) is 0 Å². The second-order valence-electron chi connectivity index (χ2n) is 4.44. The fourth-order valence-corrected chi connectivity index (χ4v) is 1.77. The van der Waals surface area contributed by atoms with Gasteiger partial charge in [0, 0.05) is 17.2 Å². The predicted octanol–water partition coefficient (Wildman–Crippen LogP) is 3.08. The smallest absolute Gasteiger partial charge is 0.0318 e. The van der Waals surface area contributed by atoms with Crippen LogP contribution in [0, 0.1) is 5.41 Å². The maximum absolute atomic E-state index is 3.57. The average Bonchev–Trinajstić information content (AvgIpc) is 2.17. The van der Waals surface area contributed by atoms with Crippen molar-refractivity contribution in [2.24, 2.45) is 5.41 Å². The molecule has 1 heteroatoms. The van der Waals surface area contributed by atoms with Crippen LogP contribution >= 0.6 is 0 Å². The SMILES string of the molecule is CCCC1=C(C)C(C)(C)C(C)N1. The first kappa shape index (κ1) is 9.63. The molecule has 1 aliphatic rings. The third-order valence-electron chi connectivity index (χ3n) is 3.39. The first-order valence-corrected chi connectivity index (χ1v) is 4.97. The number of hydrogen-bond donors (Lipinski definition) is 1. The summed E-state index contributed by atoms with van der Waals surface area (Å²) in [5, 5.41) is 3.57. The van der Waals surface area contributed by atoms with Gasteiger partial charge in [-0.25, -0.2) is 0 Å². The highest BCUT2D eigenvalue weighted by atomic mass is 15.0. The second kappa shape index (κ2) is 3.12. The van der Waals surface area contributed by atoms with Crippen LogP contribution in [0.25, 0.3) is 0 Å². The normalized spacial score (nSPS) is 27.6. The van der Waals surface area contributed by atoms with Crippen LogP contribution < -0.4 is 5.32 Å². The molecule has 0 saturated heterocycles. The third-order valence-corrected chi connectivity index (χ3v) is 3.39. The topological polar surface area (TPSA) is 12.0 Å². The maximum atomic E-state index is 3.57. The van der Waals surface area contributed by atoms with Gasteiger partial charge in [0.1, 0.15) is 0 Å². The highest BCUT2D eigenvalue weighted by molar-refractivity contribution is 5.26. The molecule has 1 heterocycles. The molecule has 1 nitrogen and oxygen atoms in total. The minimum atomic E-state index is 0.352. The minimum absolute atomic E-state index is 0.352. The molecule has 0 radical (unpaired) electrons. The lowest BCUT2D eigenvalue weighted by Crippen LogP contribution is -2.31. The lowest BCUT2D eigenvalue weighted by atomic mass is 9.81. The lowest BCUT2D eigenvalue weighted by Gasteiger charge is -2.25. The standard InChI is InChI=1S/C11H21N/c1-6-7-10-8(2)11(4,5)9(3)12-10/h9,12H,6-7H2,1-5H3. The summed E-state index contributed by atoms with van der Waals surface area (Å²) in [6.45, 7) is 11.4. The van der Waals surface area contributed by atoms with Crippen molar-refractivity contribution in [3.63, 3.8) is 0 Å². The molecule has 70 valence electrons. The summed E-state index contributed by atoms with van der Waals surface area (Å²) in [6, 6.07) is 0.596. The van der Waals surface area contributed by atoms with Crippen molar-refractivity contribution in [3.8, 4) is 0 Å². The zero-order valence-corrected chi connectivity index (χ0v) is 8.99. The molecule has 0 aromatic rings. The Balaban J connectivity index is 2.82. The Kier molecular flexibility index (Phi) is 2.50. The molecule has 0 bridgehead atoms. The van der Waals surface area contributed by atoms with Gasteiger partial charge in [0.25, 0.3) is 0 Å². The number of allylic oxidation sites excluding steroid dienone is 1. The van der Waals surface area contributed by atoms with Gasteiger partial charge in [-0.3, -0.25) is 0 Å². The molecule has 0 saturated carbocycles. The second-order valence-corrected chi connectivity index (χ2v) is 4.44. The Morgan fingerprint density at radius 3 is 2.33 bits per heavy atom. The molecule has 1 unspecified atom stereocenters. The first-order chi connectivity index (χ1) is 5.50. The van der Waals surface area contributed by atoms with Crippen LogP contribution in [0.5, 0.6) is 0 Å². The zero-order chi connectivity index (χ0) is 9.35. The molecule has 12 heavy (non-hydrogen) atoms. The lowest BCUT2D eigenvalue weighted by molar-refractivity contribution is 0.367. The van der Waals surface area contributed by atoms with Gasteiger partial charge in [0.15, 0.2) is 0 Å². The van der Waals surface area contributed by atoms with Crippen LogP contribution in [0.4, 0.5) is 0 Å². The highest BCUT2D eigenvalue weighted by Gasteiger charge is 2.35. The average molecular weight is 167 g/mol. The van der Waals surface area contributed by atoms with Gasteiger partial charge in [-0.1, -0.05) is 27.2 Å². The van der Waals surface area contributed by atoms with E-state index in [1.54, 1.807) is 5.57 Å². The molecule has 0 amide bonds. The van der Waals surface area contributed by atoms with E-state index in [1.165, 1.54) is 18.5 Å². The van der Waals surface area contributed by atoms with E-state index in [0.717, 1.165) is 0 Å². The molecule has 0 aliphatic carbocycles. The van der Waals surface area contributed by atoms with Crippen LogP contribution in [0.3, 0.4) is 0 Å². The van der Waals surface area contributed by atoms with Gasteiger partial charge in [-0.2, -0.15) is 0 Å². The molecule has 1 rings (SSSR count). The molecule has 0 spiro atoms. The Labute approximate surface area is 76.2 Å². The van der Waals surface area contributed by atoms with E-state index in [-0.39, 0.29) is 0 Å². The summed E-state index contributed by atoms with van der Waals surface area (Å²) >= 11 is 0. The van der Waals surface area contributed by atoms with Gasteiger partial charge < -0.3 is 5.32 Å². The summed E-state index contributed by atoms with van der Waals surface area (Å²) < 4.78 is 0. The number of hydrogen-bond acceptors (Lipinski definition) is 1. The van der Waals surface area contributed by atoms with E-state index in [1.807, 2.05) is 0 Å². The van der Waals surface area contributed by atoms with Gasteiger partial charge in [-0.05, 0) is 25.8 Å². The third kappa shape index (κ3) is 1.37. The fourth-order valence-electron chi connectivity index (χ4n) is 1.77. The Morgan fingerprint density at radius 1 is 1.42 bits per heavy atom. The van der Waals surface area contributed by atoms with Crippen LogP contribution in [0.15, 0.2) is 11.3 Å². The first-order valence-electron chi connectivity index (χ1n) is 4.97. The van der Waals surface area contributed by atoms with Crippen molar-refractivity contribution < 1.29 is 0 Å². The molecular weight excluding hydrogens is 146 g/mol. The van der Waals surface area contributed by atoms with Crippen molar-refractivity contribution in [2.75, 3.05) is 0 Å². The van der Waals surface area contributed by atoms with Gasteiger partial charge in [0.05, 0.1) is 0 Å². The van der Waals surface area contributed by atoms with E-state index in [0.29, 0.717) is 11.5 Å². The number of nitrogens with one attached hydrogen (secondary N) is 1. The van der Waals surface area contributed by atoms with Crippen molar-refractivity contribution in [1.29, 1.82) is 0 Å². The predicted molar refractivity (Wildman–Crippen MR) is 54.0 cm³/mol. The Morgan fingerprint density at radius 2 is 2.00 bits per heavy atom. The van der Waals surface area contributed by atoms with E-state index >= 15 is 0 Å². The summed E-state index contributed by atoms with van der Waals surface area (Å²) in [5.41, 5.74) is 3.39. The summed E-state index contributed by atoms with van der Waals surface area (Å²) in [5.74, 6) is 0. The van der Waals surface area contributed by atoms with E-state index in [4.69, 9.17) is 0 Å². The molecule has 1 atom stereocenters. The summed E-state index contributed by atoms with van der Waals surface area (Å²) in [7, 11) is 0. The maximum Gasteiger partial charge on any atom is 0.0318 e. The van der Waals surface area contributed by atoms with Crippen molar-refractivity contribution in [3.05, 3.63) is 11.3 Å². The van der Waals surface area contributed by atoms with Gasteiger partial charge in [0.2, 0.25) is 0 Å². The van der Waals surface area contributed by atoms with Gasteiger partial charge in [-0.15, -0.1) is 0 Å². The van der Waals surface area contributed by atoms with Crippen LogP contribution in [-0.4, -0.2) is 6.04 Å². The van der Waals surface area contributed by atoms with E-state index < -0.39 is 0 Å². The molecule has 0 aromatic carbocycles. The Bertz CT molecular complexity index is 201. The van der Waals surface area contributed by atoms with Crippen molar-refractivity contribution in [1.82, 2.24) is 5.32 Å². The minimum Gasteiger partial charge on any atom is -0.385 e. The molecular formula is C11H21N. The largest absolute Gasteiger partial charge is 0.385 e. The Hall–Kier alpha value is -0.460. The van der Waals surface area contributed by atoms with E-state index in [9.17, 15) is 0 Å². The zero-order valence-electron chi connectivity index (χ0n) is 8.99. The van der Waals surface area contributed by atoms with Crippen molar-refractivity contribution in [2.45, 2.75) is 53.5 Å². The quantitative estimate of drug-likeness (QED) is 0.666. The molecule has 1 aliphatic heterocycles. The fraction of sp³-hybridized carbons (Fsp3) is 0.818. The molecule has 0 fully saturated rings. The van der Waals surface area contributed by atoms with E-state index in [2.05, 4.69) is 39.9 Å². The molecule has 1 N–H and O–H groups in total. The van der Waals surface area contributed by atoms with Crippen LogP contribution in [0.1, 0.15) is 47.5 Å². The number of rotatable bonds is 2. The monoisotopic (exact) mass is 167 g/mol. The summed E-state index contributed by atoms with van der Waals surface area (Å²) in [6.07, 6.45) is 2.45. The van der Waals surface area contributed by atoms with Crippen LogP contribution in [0.2, 0.25) is 0 Å².